The number of aromatic nitrogens is 4. The Balaban J connectivity index is 1.97. The number of carbonyl (C=O) groups is 1. The molecule has 0 aliphatic rings. The number of rotatable bonds is 6. The maximum Gasteiger partial charge on any atom is 0.230 e. The Morgan fingerprint density at radius 3 is 2.82 bits per heavy atom. The molecule has 7 nitrogen and oxygen atoms in total. The standard InChI is InChI=1S/C14H20N6OS/c1-9(2)10(3)17-12(21)8-22-14-19-18-13(20(14)15)11-5-4-6-16-7-11/h4-7,9-10H,8,15H2,1-3H3,(H,17,21)/t10-/m1/s1. The predicted molar refractivity (Wildman–Crippen MR) is 86.6 cm³/mol. The van der Waals surface area contributed by atoms with Crippen molar-refractivity contribution in [1.29, 1.82) is 0 Å². The molecule has 118 valence electrons. The fourth-order valence-electron chi connectivity index (χ4n) is 1.66. The fraction of sp³-hybridized carbons (Fsp3) is 0.429. The van der Waals surface area contributed by atoms with Gasteiger partial charge in [0.15, 0.2) is 5.82 Å². The van der Waals surface area contributed by atoms with Gasteiger partial charge in [0.1, 0.15) is 0 Å². The van der Waals surface area contributed by atoms with Gasteiger partial charge in [-0.15, -0.1) is 10.2 Å². The quantitative estimate of drug-likeness (QED) is 0.615. The number of hydrogen-bond acceptors (Lipinski definition) is 6. The van der Waals surface area contributed by atoms with Crippen molar-refractivity contribution < 1.29 is 4.79 Å². The van der Waals surface area contributed by atoms with Crippen LogP contribution in [0.2, 0.25) is 0 Å². The third kappa shape index (κ3) is 3.97. The zero-order valence-corrected chi connectivity index (χ0v) is 13.7. The van der Waals surface area contributed by atoms with Gasteiger partial charge in [-0.25, -0.2) is 4.68 Å². The highest BCUT2D eigenvalue weighted by Crippen LogP contribution is 2.20. The Bertz CT molecular complexity index is 628. The summed E-state index contributed by atoms with van der Waals surface area (Å²) in [7, 11) is 0. The number of nitrogens with two attached hydrogens (primary N) is 1. The van der Waals surface area contributed by atoms with Crippen molar-refractivity contribution in [1.82, 2.24) is 25.2 Å². The van der Waals surface area contributed by atoms with Crippen LogP contribution in [-0.2, 0) is 4.79 Å². The van der Waals surface area contributed by atoms with Crippen molar-refractivity contribution in [3.05, 3.63) is 24.5 Å². The van der Waals surface area contributed by atoms with E-state index in [4.69, 9.17) is 5.84 Å². The van der Waals surface area contributed by atoms with Gasteiger partial charge in [-0.05, 0) is 25.0 Å². The van der Waals surface area contributed by atoms with E-state index in [0.717, 1.165) is 5.56 Å². The van der Waals surface area contributed by atoms with Gasteiger partial charge in [-0.2, -0.15) is 0 Å². The smallest absolute Gasteiger partial charge is 0.230 e. The van der Waals surface area contributed by atoms with E-state index in [1.807, 2.05) is 13.0 Å². The van der Waals surface area contributed by atoms with Gasteiger partial charge in [0.25, 0.3) is 0 Å². The van der Waals surface area contributed by atoms with E-state index in [2.05, 4.69) is 34.3 Å². The lowest BCUT2D eigenvalue weighted by molar-refractivity contribution is -0.119. The molecule has 1 atom stereocenters. The zero-order chi connectivity index (χ0) is 16.1. The molecule has 2 heterocycles. The summed E-state index contributed by atoms with van der Waals surface area (Å²) in [6.45, 7) is 6.11. The van der Waals surface area contributed by atoms with E-state index in [1.165, 1.54) is 16.4 Å². The van der Waals surface area contributed by atoms with Gasteiger partial charge in [-0.3, -0.25) is 9.78 Å². The highest BCUT2D eigenvalue weighted by molar-refractivity contribution is 7.99. The summed E-state index contributed by atoms with van der Waals surface area (Å²) in [6.07, 6.45) is 3.34. The molecule has 0 aliphatic heterocycles. The first-order valence-corrected chi connectivity index (χ1v) is 8.00. The number of nitrogen functional groups attached to an aromatic ring is 1. The number of carbonyl (C=O) groups excluding carboxylic acids is 1. The molecule has 0 fully saturated rings. The number of hydrogen-bond donors (Lipinski definition) is 2. The Hall–Kier alpha value is -2.09. The minimum Gasteiger partial charge on any atom is -0.353 e. The van der Waals surface area contributed by atoms with Gasteiger partial charge in [0, 0.05) is 24.0 Å². The molecule has 0 saturated heterocycles. The van der Waals surface area contributed by atoms with Crippen LogP contribution >= 0.6 is 11.8 Å². The van der Waals surface area contributed by atoms with Gasteiger partial charge in [-0.1, -0.05) is 25.6 Å². The predicted octanol–water partition coefficient (Wildman–Crippen LogP) is 1.31. The van der Waals surface area contributed by atoms with Crippen LogP contribution in [0.4, 0.5) is 0 Å². The largest absolute Gasteiger partial charge is 0.353 e. The number of nitrogens with one attached hydrogen (secondary N) is 1. The first-order valence-electron chi connectivity index (χ1n) is 7.02. The van der Waals surface area contributed by atoms with E-state index in [0.29, 0.717) is 16.9 Å². The molecular weight excluding hydrogens is 300 g/mol. The van der Waals surface area contributed by atoms with Crippen molar-refractivity contribution in [3.63, 3.8) is 0 Å². The summed E-state index contributed by atoms with van der Waals surface area (Å²) < 4.78 is 1.38. The van der Waals surface area contributed by atoms with Crippen molar-refractivity contribution >= 4 is 17.7 Å². The van der Waals surface area contributed by atoms with Gasteiger partial charge < -0.3 is 11.2 Å². The molecule has 1 amide bonds. The van der Waals surface area contributed by atoms with E-state index < -0.39 is 0 Å². The Morgan fingerprint density at radius 1 is 1.41 bits per heavy atom. The van der Waals surface area contributed by atoms with E-state index in [9.17, 15) is 4.79 Å². The molecule has 0 aromatic carbocycles. The summed E-state index contributed by atoms with van der Waals surface area (Å²) in [5.41, 5.74) is 0.780. The normalized spacial score (nSPS) is 12.4. The number of pyridine rings is 1. The van der Waals surface area contributed by atoms with Crippen LogP contribution in [0.25, 0.3) is 11.4 Å². The third-order valence-electron chi connectivity index (χ3n) is 3.31. The summed E-state index contributed by atoms with van der Waals surface area (Å²) >= 11 is 1.26. The summed E-state index contributed by atoms with van der Waals surface area (Å²) in [5.74, 6) is 7.10. The maximum atomic E-state index is 11.9. The van der Waals surface area contributed by atoms with Crippen LogP contribution < -0.4 is 11.2 Å². The number of thioether (sulfide) groups is 1. The van der Waals surface area contributed by atoms with Gasteiger partial charge in [0.05, 0.1) is 5.75 Å². The third-order valence-corrected chi connectivity index (χ3v) is 4.25. The average molecular weight is 320 g/mol. The minimum absolute atomic E-state index is 0.0443. The lowest BCUT2D eigenvalue weighted by Crippen LogP contribution is -2.37. The molecule has 3 N–H and O–H groups in total. The van der Waals surface area contributed by atoms with Crippen LogP contribution in [0.5, 0.6) is 0 Å². The number of amides is 1. The molecule has 0 bridgehead atoms. The molecule has 22 heavy (non-hydrogen) atoms. The molecule has 0 saturated carbocycles. The molecule has 0 spiro atoms. The van der Waals surface area contributed by atoms with E-state index in [-0.39, 0.29) is 17.7 Å². The monoisotopic (exact) mass is 320 g/mol. The minimum atomic E-state index is -0.0443. The topological polar surface area (TPSA) is 98.7 Å². The van der Waals surface area contributed by atoms with Gasteiger partial charge >= 0.3 is 0 Å². The highest BCUT2D eigenvalue weighted by atomic mass is 32.2. The van der Waals surface area contributed by atoms with Crippen LogP contribution in [0.3, 0.4) is 0 Å². The zero-order valence-electron chi connectivity index (χ0n) is 12.9. The SMILES string of the molecule is CC(C)[C@@H](C)NC(=O)CSc1nnc(-c2cccnc2)n1N. The second-order valence-corrected chi connectivity index (χ2v) is 6.25. The van der Waals surface area contributed by atoms with E-state index in [1.54, 1.807) is 18.5 Å². The Morgan fingerprint density at radius 2 is 2.18 bits per heavy atom. The van der Waals surface area contributed by atoms with Crippen LogP contribution in [0, 0.1) is 5.92 Å². The molecule has 2 aromatic rings. The molecule has 0 aliphatic carbocycles. The van der Waals surface area contributed by atoms with E-state index >= 15 is 0 Å². The number of nitrogens with zero attached hydrogens (tertiary/aromatic N) is 4. The van der Waals surface area contributed by atoms with Crippen LogP contribution in [0.1, 0.15) is 20.8 Å². The maximum absolute atomic E-state index is 11.9. The summed E-state index contributed by atoms with van der Waals surface area (Å²) in [6, 6.07) is 3.79. The summed E-state index contributed by atoms with van der Waals surface area (Å²) in [5, 5.41) is 11.5. The first-order chi connectivity index (χ1) is 10.5. The molecule has 2 rings (SSSR count). The van der Waals surface area contributed by atoms with Crippen molar-refractivity contribution in [2.24, 2.45) is 5.92 Å². The molecular formula is C14H20N6OS. The fourth-order valence-corrected chi connectivity index (χ4v) is 2.33. The van der Waals surface area contributed by atoms with Crippen molar-refractivity contribution in [2.75, 3.05) is 11.6 Å². The van der Waals surface area contributed by atoms with Crippen LogP contribution in [0.15, 0.2) is 29.7 Å². The second kappa shape index (κ2) is 7.26. The van der Waals surface area contributed by atoms with Crippen molar-refractivity contribution in [3.8, 4) is 11.4 Å². The van der Waals surface area contributed by atoms with Crippen molar-refractivity contribution in [2.45, 2.75) is 32.0 Å². The van der Waals surface area contributed by atoms with Crippen LogP contribution in [-0.4, -0.2) is 37.6 Å². The average Bonchev–Trinajstić information content (AvgIpc) is 2.87. The molecule has 8 heteroatoms. The molecule has 0 unspecified atom stereocenters. The van der Waals surface area contributed by atoms with Gasteiger partial charge in [0.2, 0.25) is 11.1 Å². The lowest BCUT2D eigenvalue weighted by atomic mass is 10.1. The second-order valence-electron chi connectivity index (χ2n) is 5.31. The Labute approximate surface area is 133 Å². The molecule has 2 aromatic heterocycles. The summed E-state index contributed by atoms with van der Waals surface area (Å²) in [4.78, 5) is 15.9. The Kier molecular flexibility index (Phi) is 5.37. The highest BCUT2D eigenvalue weighted by Gasteiger charge is 2.15. The first kappa shape index (κ1) is 16.3. The lowest BCUT2D eigenvalue weighted by Gasteiger charge is -2.16. The molecule has 0 radical (unpaired) electrons.